The first-order chi connectivity index (χ1) is 17.6. The normalized spacial score (nSPS) is 11.9. The van der Waals surface area contributed by atoms with E-state index in [0.717, 1.165) is 34.5 Å². The fraction of sp³-hybridized carbons (Fsp3) is 0.370. The van der Waals surface area contributed by atoms with Crippen LogP contribution < -0.4 is 4.74 Å². The number of nitrogens with zero attached hydrogens (tertiary/aromatic N) is 3. The van der Waals surface area contributed by atoms with Crippen LogP contribution in [0.1, 0.15) is 49.3 Å². The molecular weight excluding hydrogens is 487 g/mol. The Morgan fingerprint density at radius 3 is 2.49 bits per heavy atom. The van der Waals surface area contributed by atoms with Crippen LogP contribution in [0.2, 0.25) is 0 Å². The highest BCUT2D eigenvalue weighted by Gasteiger charge is 2.30. The number of carbonyl (C=O) groups excluding carboxylic acids is 1. The van der Waals surface area contributed by atoms with Gasteiger partial charge in [-0.3, -0.25) is 4.68 Å². The standard InChI is InChI=1S/C27H28F3N3O4/c1-5-35-26(34)15-36-24-14-25-21(12-17(24)4)22(32-37-25)11-10-20-13-23(31-33(20)16(2)3)18-6-8-19(9-7-18)27(28,29)30/h6-9,12-14,16H,5,10-11,15H2,1-4H3. The van der Waals surface area contributed by atoms with Crippen molar-refractivity contribution in [3.8, 4) is 17.0 Å². The number of fused-ring (bicyclic) bond motifs is 1. The Labute approximate surface area is 212 Å². The predicted octanol–water partition coefficient (Wildman–Crippen LogP) is 6.33. The molecule has 0 aliphatic carbocycles. The van der Waals surface area contributed by atoms with Gasteiger partial charge in [-0.25, -0.2) is 4.79 Å². The Morgan fingerprint density at radius 1 is 1.11 bits per heavy atom. The molecule has 7 nitrogen and oxygen atoms in total. The SMILES string of the molecule is CCOC(=O)COc1cc2onc(CCc3cc(-c4ccc(C(F)(F)F)cc4)nn3C(C)C)c2cc1C. The number of aryl methyl sites for hydroxylation is 3. The van der Waals surface area contributed by atoms with E-state index in [1.54, 1.807) is 13.0 Å². The largest absolute Gasteiger partial charge is 0.481 e. The average Bonchev–Trinajstić information content (AvgIpc) is 3.45. The van der Waals surface area contributed by atoms with Crippen molar-refractivity contribution >= 4 is 16.9 Å². The van der Waals surface area contributed by atoms with Crippen molar-refractivity contribution < 1.29 is 32.0 Å². The van der Waals surface area contributed by atoms with E-state index in [2.05, 4.69) is 10.3 Å². The molecule has 0 fully saturated rings. The second kappa shape index (κ2) is 10.7. The fourth-order valence-corrected chi connectivity index (χ4v) is 4.08. The maximum Gasteiger partial charge on any atom is 0.416 e. The summed E-state index contributed by atoms with van der Waals surface area (Å²) in [4.78, 5) is 11.6. The van der Waals surface area contributed by atoms with Gasteiger partial charge in [-0.15, -0.1) is 0 Å². The van der Waals surface area contributed by atoms with Gasteiger partial charge in [0.05, 0.1) is 23.6 Å². The van der Waals surface area contributed by atoms with Crippen molar-refractivity contribution in [1.29, 1.82) is 0 Å². The van der Waals surface area contributed by atoms with Crippen molar-refractivity contribution in [1.82, 2.24) is 14.9 Å². The van der Waals surface area contributed by atoms with Crippen LogP contribution in [0.5, 0.6) is 5.75 Å². The zero-order valence-electron chi connectivity index (χ0n) is 21.1. The molecule has 2 heterocycles. The molecule has 0 aliphatic heterocycles. The predicted molar refractivity (Wildman–Crippen MR) is 131 cm³/mol. The molecule has 0 unspecified atom stereocenters. The summed E-state index contributed by atoms with van der Waals surface area (Å²) < 4.78 is 56.6. The van der Waals surface area contributed by atoms with E-state index in [1.165, 1.54) is 12.1 Å². The molecule has 4 rings (SSSR count). The number of rotatable bonds is 9. The molecule has 0 N–H and O–H groups in total. The monoisotopic (exact) mass is 515 g/mol. The zero-order valence-corrected chi connectivity index (χ0v) is 21.1. The molecule has 0 spiro atoms. The van der Waals surface area contributed by atoms with Gasteiger partial charge >= 0.3 is 12.1 Å². The van der Waals surface area contributed by atoms with Crippen LogP contribution in [0.15, 0.2) is 47.0 Å². The van der Waals surface area contributed by atoms with Crippen LogP contribution in [-0.2, 0) is 28.5 Å². The van der Waals surface area contributed by atoms with Crippen LogP contribution in [0, 0.1) is 6.92 Å². The molecule has 0 saturated carbocycles. The minimum absolute atomic E-state index is 0.0635. The molecule has 0 saturated heterocycles. The molecule has 0 bridgehead atoms. The summed E-state index contributed by atoms with van der Waals surface area (Å²) in [5, 5.41) is 9.72. The molecule has 0 amide bonds. The van der Waals surface area contributed by atoms with Gasteiger partial charge in [0.2, 0.25) is 0 Å². The molecule has 2 aromatic carbocycles. The molecule has 37 heavy (non-hydrogen) atoms. The van der Waals surface area contributed by atoms with Crippen LogP contribution in [0.4, 0.5) is 13.2 Å². The lowest BCUT2D eigenvalue weighted by molar-refractivity contribution is -0.145. The van der Waals surface area contributed by atoms with E-state index in [4.69, 9.17) is 14.0 Å². The van der Waals surface area contributed by atoms with Crippen LogP contribution in [0.25, 0.3) is 22.2 Å². The second-order valence-electron chi connectivity index (χ2n) is 8.97. The highest BCUT2D eigenvalue weighted by molar-refractivity contribution is 5.82. The van der Waals surface area contributed by atoms with Crippen LogP contribution in [-0.4, -0.2) is 34.1 Å². The van der Waals surface area contributed by atoms with E-state index in [0.29, 0.717) is 35.4 Å². The third-order valence-corrected chi connectivity index (χ3v) is 5.92. The fourth-order valence-electron chi connectivity index (χ4n) is 4.08. The quantitative estimate of drug-likeness (QED) is 0.243. The molecule has 0 radical (unpaired) electrons. The molecule has 196 valence electrons. The van der Waals surface area contributed by atoms with Crippen LogP contribution >= 0.6 is 0 Å². The van der Waals surface area contributed by atoms with E-state index in [9.17, 15) is 18.0 Å². The second-order valence-corrected chi connectivity index (χ2v) is 8.97. The lowest BCUT2D eigenvalue weighted by Crippen LogP contribution is -2.14. The number of carbonyl (C=O) groups is 1. The molecule has 2 aromatic heterocycles. The van der Waals surface area contributed by atoms with Crippen molar-refractivity contribution in [3.05, 3.63) is 65.0 Å². The Morgan fingerprint density at radius 2 is 1.84 bits per heavy atom. The van der Waals surface area contributed by atoms with Crippen molar-refractivity contribution in [2.24, 2.45) is 0 Å². The van der Waals surface area contributed by atoms with Gasteiger partial charge in [0.1, 0.15) is 5.75 Å². The zero-order chi connectivity index (χ0) is 26.7. The number of benzene rings is 2. The summed E-state index contributed by atoms with van der Waals surface area (Å²) in [7, 11) is 0. The van der Waals surface area contributed by atoms with E-state index in [-0.39, 0.29) is 19.3 Å². The summed E-state index contributed by atoms with van der Waals surface area (Å²) in [6.07, 6.45) is -3.21. The van der Waals surface area contributed by atoms with Gasteiger partial charge in [-0.1, -0.05) is 17.3 Å². The Kier molecular flexibility index (Phi) is 7.56. The number of alkyl halides is 3. The van der Waals surface area contributed by atoms with Gasteiger partial charge in [0.25, 0.3) is 0 Å². The van der Waals surface area contributed by atoms with Crippen molar-refractivity contribution in [2.45, 2.75) is 52.8 Å². The highest BCUT2D eigenvalue weighted by atomic mass is 19.4. The Balaban J connectivity index is 1.52. The van der Waals surface area contributed by atoms with Gasteiger partial charge in [0, 0.05) is 28.8 Å². The number of esters is 1. The molecule has 10 heteroatoms. The highest BCUT2D eigenvalue weighted by Crippen LogP contribution is 2.32. The summed E-state index contributed by atoms with van der Waals surface area (Å²) in [5.41, 5.74) is 3.62. The topological polar surface area (TPSA) is 79.4 Å². The number of hydrogen-bond donors (Lipinski definition) is 0. The van der Waals surface area contributed by atoms with Crippen molar-refractivity contribution in [3.63, 3.8) is 0 Å². The maximum absolute atomic E-state index is 12.9. The first-order valence-corrected chi connectivity index (χ1v) is 12.0. The third-order valence-electron chi connectivity index (χ3n) is 5.92. The van der Waals surface area contributed by atoms with Crippen LogP contribution in [0.3, 0.4) is 0 Å². The van der Waals surface area contributed by atoms with Gasteiger partial charge in [-0.2, -0.15) is 18.3 Å². The molecular formula is C27H28F3N3O4. The van der Waals surface area contributed by atoms with Gasteiger partial charge < -0.3 is 14.0 Å². The van der Waals surface area contributed by atoms with E-state index >= 15 is 0 Å². The first-order valence-electron chi connectivity index (χ1n) is 12.0. The number of halogens is 3. The maximum atomic E-state index is 12.9. The summed E-state index contributed by atoms with van der Waals surface area (Å²) in [6.45, 7) is 7.70. The molecule has 0 aliphatic rings. The number of hydrogen-bond acceptors (Lipinski definition) is 6. The minimum atomic E-state index is -4.38. The lowest BCUT2D eigenvalue weighted by Gasteiger charge is -2.10. The molecule has 4 aromatic rings. The number of aromatic nitrogens is 3. The summed E-state index contributed by atoms with van der Waals surface area (Å²) >= 11 is 0. The smallest absolute Gasteiger partial charge is 0.416 e. The summed E-state index contributed by atoms with van der Waals surface area (Å²) in [5.74, 6) is 0.0694. The van der Waals surface area contributed by atoms with Gasteiger partial charge in [-0.05, 0) is 70.4 Å². The Bertz CT molecular complexity index is 1390. The minimum Gasteiger partial charge on any atom is -0.481 e. The first kappa shape index (κ1) is 26.2. The molecule has 0 atom stereocenters. The van der Waals surface area contributed by atoms with E-state index < -0.39 is 17.7 Å². The number of ether oxygens (including phenoxy) is 2. The van der Waals surface area contributed by atoms with Crippen molar-refractivity contribution in [2.75, 3.05) is 13.2 Å². The summed E-state index contributed by atoms with van der Waals surface area (Å²) in [6, 6.07) is 10.6. The van der Waals surface area contributed by atoms with Gasteiger partial charge in [0.15, 0.2) is 12.2 Å². The lowest BCUT2D eigenvalue weighted by atomic mass is 10.1. The third kappa shape index (κ3) is 5.95. The van der Waals surface area contributed by atoms with E-state index in [1.807, 2.05) is 37.6 Å². The Hall–Kier alpha value is -3.82. The average molecular weight is 516 g/mol.